The minimum Gasteiger partial charge on any atom is -0.465 e. The number of esters is 1. The van der Waals surface area contributed by atoms with Gasteiger partial charge in [0.15, 0.2) is 5.13 Å². The van der Waals surface area contributed by atoms with Crippen molar-refractivity contribution in [1.82, 2.24) is 4.98 Å². The van der Waals surface area contributed by atoms with E-state index in [9.17, 15) is 9.59 Å². The number of thiazole rings is 1. The van der Waals surface area contributed by atoms with E-state index in [4.69, 9.17) is 0 Å². The molecule has 1 N–H and O–H groups in total. The molecule has 0 spiro atoms. The molecule has 8 heteroatoms. The highest BCUT2D eigenvalue weighted by Crippen LogP contribution is 2.29. The van der Waals surface area contributed by atoms with Gasteiger partial charge in [-0.1, -0.05) is 27.3 Å². The Labute approximate surface area is 157 Å². The van der Waals surface area contributed by atoms with Crippen LogP contribution in [0.2, 0.25) is 0 Å². The van der Waals surface area contributed by atoms with Crippen LogP contribution in [0, 0.1) is 20.8 Å². The summed E-state index contributed by atoms with van der Waals surface area (Å²) >= 11 is 6.09. The normalized spacial score (nSPS) is 10.5. The first-order valence-corrected chi connectivity index (χ1v) is 9.66. The van der Waals surface area contributed by atoms with Gasteiger partial charge in [0, 0.05) is 9.37 Å². The van der Waals surface area contributed by atoms with Gasteiger partial charge in [0.25, 0.3) is 0 Å². The van der Waals surface area contributed by atoms with Crippen molar-refractivity contribution in [2.75, 3.05) is 18.2 Å². The molecule has 0 atom stereocenters. The van der Waals surface area contributed by atoms with E-state index in [0.29, 0.717) is 15.7 Å². The number of benzene rings is 1. The minimum absolute atomic E-state index is 0.162. The number of rotatable bonds is 5. The summed E-state index contributed by atoms with van der Waals surface area (Å²) in [5, 5.41) is 3.13. The van der Waals surface area contributed by atoms with Crippen LogP contribution < -0.4 is 5.32 Å². The molecule has 0 saturated heterocycles. The third-order valence-electron chi connectivity index (χ3n) is 3.23. The number of aryl methyl sites for hydroxylation is 3. The van der Waals surface area contributed by atoms with Crippen molar-refractivity contribution in [2.45, 2.75) is 25.7 Å². The van der Waals surface area contributed by atoms with Crippen molar-refractivity contribution < 1.29 is 14.3 Å². The summed E-state index contributed by atoms with van der Waals surface area (Å²) in [6.45, 7) is 5.73. The maximum Gasteiger partial charge on any atom is 0.350 e. The highest BCUT2D eigenvalue weighted by Gasteiger charge is 2.17. The molecule has 0 bridgehead atoms. The van der Waals surface area contributed by atoms with Gasteiger partial charge in [-0.2, -0.15) is 0 Å². The third-order valence-corrected chi connectivity index (χ3v) is 6.29. The van der Waals surface area contributed by atoms with Gasteiger partial charge in [-0.25, -0.2) is 9.78 Å². The Balaban J connectivity index is 1.99. The molecular weight excluding hydrogens is 412 g/mol. The van der Waals surface area contributed by atoms with Gasteiger partial charge in [-0.15, -0.1) is 11.8 Å². The zero-order valence-corrected chi connectivity index (χ0v) is 16.9. The highest BCUT2D eigenvalue weighted by molar-refractivity contribution is 9.10. The number of anilines is 1. The van der Waals surface area contributed by atoms with Gasteiger partial charge in [0.2, 0.25) is 5.91 Å². The molecule has 2 rings (SSSR count). The van der Waals surface area contributed by atoms with Crippen LogP contribution in [0.4, 0.5) is 5.13 Å². The monoisotopic (exact) mass is 428 g/mol. The summed E-state index contributed by atoms with van der Waals surface area (Å²) < 4.78 is 5.74. The second kappa shape index (κ2) is 8.13. The number of thioether (sulfide) groups is 1. The standard InChI is InChI=1S/C16H17BrN2O3S2/c1-8-6-12(9(2)5-11(8)17)23-7-13(20)19-16-18-10(3)14(24-16)15(21)22-4/h5-6H,7H2,1-4H3,(H,18,19,20). The number of amides is 1. The van der Waals surface area contributed by atoms with E-state index in [1.165, 1.54) is 18.9 Å². The Morgan fingerprint density at radius 3 is 2.67 bits per heavy atom. The summed E-state index contributed by atoms with van der Waals surface area (Å²) in [4.78, 5) is 29.3. The van der Waals surface area contributed by atoms with Crippen LogP contribution in [0.1, 0.15) is 26.5 Å². The van der Waals surface area contributed by atoms with Crippen molar-refractivity contribution in [2.24, 2.45) is 0 Å². The first kappa shape index (κ1) is 19.0. The molecule has 0 aliphatic heterocycles. The van der Waals surface area contributed by atoms with Crippen molar-refractivity contribution in [3.63, 3.8) is 0 Å². The van der Waals surface area contributed by atoms with Gasteiger partial charge < -0.3 is 10.1 Å². The van der Waals surface area contributed by atoms with E-state index >= 15 is 0 Å². The Bertz CT molecular complexity index is 790. The maximum absolute atomic E-state index is 12.1. The average Bonchev–Trinajstić information content (AvgIpc) is 2.89. The number of halogens is 1. The smallest absolute Gasteiger partial charge is 0.350 e. The Kier molecular flexibility index (Phi) is 6.42. The first-order chi connectivity index (χ1) is 11.3. The van der Waals surface area contributed by atoms with Crippen molar-refractivity contribution >= 4 is 56.0 Å². The molecule has 0 aliphatic rings. The number of nitrogens with zero attached hydrogens (tertiary/aromatic N) is 1. The summed E-state index contributed by atoms with van der Waals surface area (Å²) in [5.41, 5.74) is 2.79. The Morgan fingerprint density at radius 1 is 1.29 bits per heavy atom. The Hall–Kier alpha value is -1.38. The summed E-state index contributed by atoms with van der Waals surface area (Å²) in [5.74, 6) is -0.334. The van der Waals surface area contributed by atoms with E-state index in [-0.39, 0.29) is 11.7 Å². The number of methoxy groups -OCH3 is 1. The fourth-order valence-electron chi connectivity index (χ4n) is 1.94. The quantitative estimate of drug-likeness (QED) is 0.566. The van der Waals surface area contributed by atoms with Crippen molar-refractivity contribution in [3.05, 3.63) is 38.3 Å². The molecule has 1 amide bonds. The molecule has 2 aromatic rings. The van der Waals surface area contributed by atoms with Crippen LogP contribution in [0.3, 0.4) is 0 Å². The zero-order chi connectivity index (χ0) is 17.9. The second-order valence-corrected chi connectivity index (χ2v) is 8.00. The number of nitrogens with one attached hydrogen (secondary N) is 1. The van der Waals surface area contributed by atoms with Crippen LogP contribution in [0.15, 0.2) is 21.5 Å². The van der Waals surface area contributed by atoms with E-state index in [2.05, 4.69) is 37.0 Å². The van der Waals surface area contributed by atoms with Gasteiger partial charge in [0.05, 0.1) is 18.6 Å². The van der Waals surface area contributed by atoms with Crippen LogP contribution in [0.25, 0.3) is 0 Å². The SMILES string of the molecule is COC(=O)c1sc(NC(=O)CSc2cc(C)c(Br)cc2C)nc1C. The fraction of sp³-hybridized carbons (Fsp3) is 0.312. The molecule has 0 fully saturated rings. The molecule has 0 unspecified atom stereocenters. The lowest BCUT2D eigenvalue weighted by atomic mass is 10.2. The second-order valence-electron chi connectivity index (χ2n) is 5.13. The number of hydrogen-bond acceptors (Lipinski definition) is 6. The topological polar surface area (TPSA) is 68.3 Å². The lowest BCUT2D eigenvalue weighted by Crippen LogP contribution is -2.13. The molecule has 0 saturated carbocycles. The van der Waals surface area contributed by atoms with Gasteiger partial charge in [-0.05, 0) is 44.0 Å². The van der Waals surface area contributed by atoms with E-state index in [0.717, 1.165) is 31.8 Å². The van der Waals surface area contributed by atoms with Crippen LogP contribution in [-0.4, -0.2) is 29.7 Å². The number of ether oxygens (including phenoxy) is 1. The van der Waals surface area contributed by atoms with E-state index in [1.807, 2.05) is 19.9 Å². The molecule has 1 aromatic heterocycles. The largest absolute Gasteiger partial charge is 0.465 e. The molecule has 1 heterocycles. The predicted octanol–water partition coefficient (Wildman–Crippen LogP) is 4.35. The van der Waals surface area contributed by atoms with Crippen LogP contribution in [-0.2, 0) is 9.53 Å². The van der Waals surface area contributed by atoms with Crippen LogP contribution >= 0.6 is 39.0 Å². The molecular formula is C16H17BrN2O3S2. The zero-order valence-electron chi connectivity index (χ0n) is 13.7. The highest BCUT2D eigenvalue weighted by atomic mass is 79.9. The molecule has 5 nitrogen and oxygen atoms in total. The summed E-state index contributed by atoms with van der Waals surface area (Å²) in [7, 11) is 1.32. The van der Waals surface area contributed by atoms with Gasteiger partial charge in [0.1, 0.15) is 4.88 Å². The molecule has 1 aromatic carbocycles. The van der Waals surface area contributed by atoms with E-state index < -0.39 is 5.97 Å². The third kappa shape index (κ3) is 4.58. The van der Waals surface area contributed by atoms with Gasteiger partial charge in [-0.3, -0.25) is 4.79 Å². The first-order valence-electron chi connectivity index (χ1n) is 7.07. The van der Waals surface area contributed by atoms with Crippen molar-refractivity contribution in [3.8, 4) is 0 Å². The lowest BCUT2D eigenvalue weighted by Gasteiger charge is -2.08. The fourth-order valence-corrected chi connectivity index (χ4v) is 4.20. The number of carbonyl (C=O) groups excluding carboxylic acids is 2. The molecule has 0 aliphatic carbocycles. The summed E-state index contributed by atoms with van der Waals surface area (Å²) in [6, 6.07) is 4.10. The molecule has 0 radical (unpaired) electrons. The number of carbonyl (C=O) groups is 2. The van der Waals surface area contributed by atoms with Crippen molar-refractivity contribution in [1.29, 1.82) is 0 Å². The van der Waals surface area contributed by atoms with E-state index in [1.54, 1.807) is 6.92 Å². The maximum atomic E-state index is 12.1. The van der Waals surface area contributed by atoms with Crippen LogP contribution in [0.5, 0.6) is 0 Å². The Morgan fingerprint density at radius 2 is 2.00 bits per heavy atom. The number of aromatic nitrogens is 1. The number of hydrogen-bond donors (Lipinski definition) is 1. The molecule has 24 heavy (non-hydrogen) atoms. The summed E-state index contributed by atoms with van der Waals surface area (Å²) in [6.07, 6.45) is 0. The molecule has 128 valence electrons. The average molecular weight is 429 g/mol. The predicted molar refractivity (Wildman–Crippen MR) is 101 cm³/mol. The minimum atomic E-state index is -0.444. The van der Waals surface area contributed by atoms with Gasteiger partial charge >= 0.3 is 5.97 Å². The lowest BCUT2D eigenvalue weighted by molar-refractivity contribution is -0.113.